The lowest BCUT2D eigenvalue weighted by Crippen LogP contribution is -2.25. The lowest BCUT2D eigenvalue weighted by atomic mass is 9.82. The van der Waals surface area contributed by atoms with Crippen LogP contribution >= 0.6 is 10.7 Å². The second-order valence-corrected chi connectivity index (χ2v) is 7.10. The highest BCUT2D eigenvalue weighted by Gasteiger charge is 2.39. The van der Waals surface area contributed by atoms with Gasteiger partial charge in [0, 0.05) is 23.1 Å². The van der Waals surface area contributed by atoms with Crippen molar-refractivity contribution in [2.45, 2.75) is 49.6 Å². The summed E-state index contributed by atoms with van der Waals surface area (Å²) in [5.41, 5.74) is -0.0262. The average Bonchev–Trinajstić information content (AvgIpc) is 2.83. The molecule has 1 aliphatic carbocycles. The Morgan fingerprint density at radius 1 is 1.35 bits per heavy atom. The first-order chi connectivity index (χ1) is 7.91. The summed E-state index contributed by atoms with van der Waals surface area (Å²) in [5.74, 6) is 0.747. The topological polar surface area (TPSA) is 64.8 Å². The van der Waals surface area contributed by atoms with Crippen molar-refractivity contribution in [3.63, 3.8) is 0 Å². The van der Waals surface area contributed by atoms with Crippen LogP contribution in [0.25, 0.3) is 0 Å². The molecule has 0 atom stereocenters. The maximum absolute atomic E-state index is 11.3. The van der Waals surface area contributed by atoms with E-state index >= 15 is 0 Å². The Morgan fingerprint density at radius 2 is 1.94 bits per heavy atom. The molecule has 0 unspecified atom stereocenters. The quantitative estimate of drug-likeness (QED) is 0.792. The standard InChI is InChI=1S/C10H16ClN3O2S/c1-3-10(6-4-5-7-10)8-12-13-9(14(8)2)17(11,15)16/h3-7H2,1-2H3. The van der Waals surface area contributed by atoms with Crippen molar-refractivity contribution in [1.29, 1.82) is 0 Å². The molecule has 0 amide bonds. The van der Waals surface area contributed by atoms with E-state index in [-0.39, 0.29) is 10.6 Å². The minimum atomic E-state index is -3.82. The van der Waals surface area contributed by atoms with Crippen LogP contribution in [0.2, 0.25) is 0 Å². The van der Waals surface area contributed by atoms with Crippen LogP contribution in [0.3, 0.4) is 0 Å². The zero-order valence-corrected chi connectivity index (χ0v) is 11.6. The third kappa shape index (κ3) is 2.08. The second-order valence-electron chi connectivity index (χ2n) is 4.64. The Labute approximate surface area is 106 Å². The second kappa shape index (κ2) is 4.24. The third-order valence-corrected chi connectivity index (χ3v) is 4.97. The molecule has 0 aromatic carbocycles. The zero-order chi connectivity index (χ0) is 12.7. The van der Waals surface area contributed by atoms with Crippen LogP contribution in [0.15, 0.2) is 5.16 Å². The lowest BCUT2D eigenvalue weighted by Gasteiger charge is -2.25. The molecule has 0 saturated heterocycles. The zero-order valence-electron chi connectivity index (χ0n) is 9.98. The molecule has 0 spiro atoms. The molecule has 0 N–H and O–H groups in total. The summed E-state index contributed by atoms with van der Waals surface area (Å²) in [7, 11) is 3.17. The molecular weight excluding hydrogens is 262 g/mol. The first kappa shape index (κ1) is 12.8. The fourth-order valence-corrected chi connectivity index (χ4v) is 3.73. The van der Waals surface area contributed by atoms with Crippen LogP contribution in [0.4, 0.5) is 0 Å². The van der Waals surface area contributed by atoms with E-state index in [9.17, 15) is 8.42 Å². The largest absolute Gasteiger partial charge is 0.303 e. The first-order valence-electron chi connectivity index (χ1n) is 5.75. The minimum Gasteiger partial charge on any atom is -0.303 e. The smallest absolute Gasteiger partial charge is 0.296 e. The van der Waals surface area contributed by atoms with Crippen LogP contribution < -0.4 is 0 Å². The molecule has 1 aromatic heterocycles. The average molecular weight is 278 g/mol. The number of aromatic nitrogens is 3. The van der Waals surface area contributed by atoms with Gasteiger partial charge < -0.3 is 4.57 Å². The fourth-order valence-electron chi connectivity index (χ4n) is 2.78. The molecule has 1 heterocycles. The van der Waals surface area contributed by atoms with E-state index in [1.54, 1.807) is 7.05 Å². The molecule has 7 heteroatoms. The molecule has 1 saturated carbocycles. The Bertz CT molecular complexity index is 518. The van der Waals surface area contributed by atoms with Gasteiger partial charge in [0.25, 0.3) is 14.2 Å². The highest BCUT2D eigenvalue weighted by atomic mass is 35.7. The summed E-state index contributed by atoms with van der Waals surface area (Å²) in [5, 5.41) is 7.62. The number of rotatable bonds is 3. The van der Waals surface area contributed by atoms with Gasteiger partial charge in [-0.1, -0.05) is 19.8 Å². The minimum absolute atomic E-state index is 0.0262. The molecule has 1 aromatic rings. The van der Waals surface area contributed by atoms with Crippen molar-refractivity contribution in [3.05, 3.63) is 5.82 Å². The van der Waals surface area contributed by atoms with Crippen molar-refractivity contribution < 1.29 is 8.42 Å². The number of hydrogen-bond donors (Lipinski definition) is 0. The summed E-state index contributed by atoms with van der Waals surface area (Å²) >= 11 is 0. The summed E-state index contributed by atoms with van der Waals surface area (Å²) in [6.07, 6.45) is 5.34. The highest BCUT2D eigenvalue weighted by molar-refractivity contribution is 8.13. The number of nitrogens with zero attached hydrogens (tertiary/aromatic N) is 3. The van der Waals surface area contributed by atoms with Crippen LogP contribution in [0, 0.1) is 0 Å². The molecule has 0 bridgehead atoms. The SMILES string of the molecule is CCC1(c2nnc(S(=O)(=O)Cl)n2C)CCCC1. The first-order valence-corrected chi connectivity index (χ1v) is 8.06. The van der Waals surface area contributed by atoms with Gasteiger partial charge in [0.1, 0.15) is 5.82 Å². The van der Waals surface area contributed by atoms with E-state index in [1.807, 2.05) is 0 Å². The molecule has 1 fully saturated rings. The van der Waals surface area contributed by atoms with Gasteiger partial charge in [-0.2, -0.15) is 0 Å². The van der Waals surface area contributed by atoms with Gasteiger partial charge in [-0.05, 0) is 19.3 Å². The summed E-state index contributed by atoms with van der Waals surface area (Å²) in [6.45, 7) is 2.11. The van der Waals surface area contributed by atoms with Crippen LogP contribution in [-0.2, 0) is 21.5 Å². The maximum atomic E-state index is 11.3. The van der Waals surface area contributed by atoms with E-state index < -0.39 is 9.05 Å². The maximum Gasteiger partial charge on any atom is 0.296 e. The van der Waals surface area contributed by atoms with Crippen molar-refractivity contribution >= 4 is 19.7 Å². The molecule has 2 rings (SSSR count). The molecule has 1 aliphatic rings. The normalized spacial score (nSPS) is 19.7. The summed E-state index contributed by atoms with van der Waals surface area (Å²) < 4.78 is 24.2. The molecule has 0 aliphatic heterocycles. The van der Waals surface area contributed by atoms with Gasteiger partial charge in [0.2, 0.25) is 0 Å². The Kier molecular flexibility index (Phi) is 3.20. The van der Waals surface area contributed by atoms with E-state index in [4.69, 9.17) is 10.7 Å². The van der Waals surface area contributed by atoms with Gasteiger partial charge >= 0.3 is 0 Å². The fraction of sp³-hybridized carbons (Fsp3) is 0.800. The van der Waals surface area contributed by atoms with E-state index in [0.717, 1.165) is 37.9 Å². The Hall–Kier alpha value is -0.620. The molecule has 5 nitrogen and oxygen atoms in total. The van der Waals surface area contributed by atoms with Gasteiger partial charge in [0.05, 0.1) is 0 Å². The Morgan fingerprint density at radius 3 is 2.35 bits per heavy atom. The van der Waals surface area contributed by atoms with E-state index in [1.165, 1.54) is 4.57 Å². The predicted molar refractivity (Wildman–Crippen MR) is 64.5 cm³/mol. The van der Waals surface area contributed by atoms with Crippen molar-refractivity contribution in [2.24, 2.45) is 7.05 Å². The van der Waals surface area contributed by atoms with Gasteiger partial charge in [0.15, 0.2) is 0 Å². The van der Waals surface area contributed by atoms with E-state index in [2.05, 4.69) is 17.1 Å². The van der Waals surface area contributed by atoms with Gasteiger partial charge in [-0.3, -0.25) is 0 Å². The molecule has 0 radical (unpaired) electrons. The van der Waals surface area contributed by atoms with Crippen LogP contribution in [-0.4, -0.2) is 23.2 Å². The summed E-state index contributed by atoms with van der Waals surface area (Å²) in [6, 6.07) is 0. The van der Waals surface area contributed by atoms with Gasteiger partial charge in [-0.15, -0.1) is 10.2 Å². The van der Waals surface area contributed by atoms with Crippen LogP contribution in [0.1, 0.15) is 44.9 Å². The predicted octanol–water partition coefficient (Wildman–Crippen LogP) is 1.96. The molecule has 96 valence electrons. The van der Waals surface area contributed by atoms with Crippen molar-refractivity contribution in [3.8, 4) is 0 Å². The highest BCUT2D eigenvalue weighted by Crippen LogP contribution is 2.43. The van der Waals surface area contributed by atoms with Crippen molar-refractivity contribution in [2.75, 3.05) is 0 Å². The monoisotopic (exact) mass is 277 g/mol. The molecular formula is C10H16ClN3O2S. The molecule has 17 heavy (non-hydrogen) atoms. The third-order valence-electron chi connectivity index (χ3n) is 3.76. The van der Waals surface area contributed by atoms with E-state index in [0.29, 0.717) is 0 Å². The summed E-state index contributed by atoms with van der Waals surface area (Å²) in [4.78, 5) is 0. The van der Waals surface area contributed by atoms with Crippen LogP contribution in [0.5, 0.6) is 0 Å². The van der Waals surface area contributed by atoms with Gasteiger partial charge in [-0.25, -0.2) is 8.42 Å². The number of hydrogen-bond acceptors (Lipinski definition) is 4. The lowest BCUT2D eigenvalue weighted by molar-refractivity contribution is 0.382. The number of halogens is 1. The Balaban J connectivity index is 2.51. The van der Waals surface area contributed by atoms with Crippen molar-refractivity contribution in [1.82, 2.24) is 14.8 Å².